The van der Waals surface area contributed by atoms with Crippen LogP contribution in [0.4, 0.5) is 0 Å². The molecule has 0 amide bonds. The highest BCUT2D eigenvalue weighted by atomic mass is 16.3. The lowest BCUT2D eigenvalue weighted by atomic mass is 9.47. The predicted octanol–water partition coefficient (Wildman–Crippen LogP) is 3.51. The van der Waals surface area contributed by atoms with Crippen molar-refractivity contribution < 1.29 is 15.0 Å². The highest BCUT2D eigenvalue weighted by Crippen LogP contribution is 2.80. The van der Waals surface area contributed by atoms with Gasteiger partial charge in [0.05, 0.1) is 12.2 Å². The van der Waals surface area contributed by atoms with Crippen molar-refractivity contribution in [1.29, 1.82) is 0 Å². The first-order valence-electron chi connectivity index (χ1n) is 11.3. The van der Waals surface area contributed by atoms with Crippen LogP contribution in [0.1, 0.15) is 51.9 Å². The van der Waals surface area contributed by atoms with Crippen LogP contribution in [-0.2, 0) is 4.79 Å². The number of aliphatic hydroxyl groups is 2. The van der Waals surface area contributed by atoms with Gasteiger partial charge in [-0.3, -0.25) is 4.79 Å². The number of carbonyl (C=O) groups excluding carboxylic acids is 1. The Morgan fingerprint density at radius 3 is 2.81 bits per heavy atom. The predicted molar refractivity (Wildman–Crippen MR) is 103 cm³/mol. The second kappa shape index (κ2) is 5.36. The smallest absolute Gasteiger partial charge is 0.155 e. The van der Waals surface area contributed by atoms with Crippen molar-refractivity contribution in [3.8, 4) is 0 Å². The van der Waals surface area contributed by atoms with E-state index in [-0.39, 0.29) is 12.0 Å². The SMILES string of the molecule is CC[C@]12CCC3C(C4CC4C4=CC(=O)CC[C@@H]43)C1[C@@H]1C[C@@H]1[C@@]2(O)/C=C\CO. The van der Waals surface area contributed by atoms with E-state index in [4.69, 9.17) is 0 Å². The Morgan fingerprint density at radius 2 is 2.04 bits per heavy atom. The summed E-state index contributed by atoms with van der Waals surface area (Å²) in [7, 11) is 0. The van der Waals surface area contributed by atoms with Gasteiger partial charge in [0.2, 0.25) is 0 Å². The summed E-state index contributed by atoms with van der Waals surface area (Å²) in [6.45, 7) is 2.30. The van der Waals surface area contributed by atoms with E-state index in [1.165, 1.54) is 24.8 Å². The van der Waals surface area contributed by atoms with Crippen LogP contribution >= 0.6 is 0 Å². The van der Waals surface area contributed by atoms with Gasteiger partial charge < -0.3 is 10.2 Å². The van der Waals surface area contributed by atoms with Crippen molar-refractivity contribution in [1.82, 2.24) is 0 Å². The molecule has 27 heavy (non-hydrogen) atoms. The van der Waals surface area contributed by atoms with Gasteiger partial charge in [-0.05, 0) is 91.9 Å². The van der Waals surface area contributed by atoms with Gasteiger partial charge >= 0.3 is 0 Å². The molecule has 3 heteroatoms. The third-order valence-electron chi connectivity index (χ3n) is 9.98. The Labute approximate surface area is 161 Å². The first-order chi connectivity index (χ1) is 13.1. The number of ketones is 1. The Bertz CT molecular complexity index is 753. The van der Waals surface area contributed by atoms with E-state index in [1.807, 2.05) is 12.2 Å². The lowest BCUT2D eigenvalue weighted by molar-refractivity contribution is -0.130. The molecule has 0 bridgehead atoms. The fraction of sp³-hybridized carbons (Fsp3) is 0.792. The van der Waals surface area contributed by atoms with E-state index in [2.05, 4.69) is 6.92 Å². The molecule has 0 heterocycles. The molecule has 0 spiro atoms. The average Bonchev–Trinajstić information content (AvgIpc) is 3.58. The third kappa shape index (κ3) is 1.93. The van der Waals surface area contributed by atoms with Crippen molar-refractivity contribution >= 4 is 5.78 Å². The van der Waals surface area contributed by atoms with E-state index >= 15 is 0 Å². The summed E-state index contributed by atoms with van der Waals surface area (Å²) in [5.41, 5.74) is 0.808. The van der Waals surface area contributed by atoms with Gasteiger partial charge in [-0.1, -0.05) is 24.6 Å². The number of hydrogen-bond donors (Lipinski definition) is 2. The molecule has 5 unspecified atom stereocenters. The molecule has 6 aliphatic rings. The van der Waals surface area contributed by atoms with Gasteiger partial charge in [0.25, 0.3) is 0 Å². The molecule has 3 nitrogen and oxygen atoms in total. The van der Waals surface area contributed by atoms with Crippen LogP contribution < -0.4 is 0 Å². The van der Waals surface area contributed by atoms with E-state index in [9.17, 15) is 15.0 Å². The molecule has 5 fully saturated rings. The molecule has 10 atom stereocenters. The second-order valence-corrected chi connectivity index (χ2v) is 10.5. The molecular formula is C24H32O3. The molecule has 6 aliphatic carbocycles. The fourth-order valence-electron chi connectivity index (χ4n) is 9.03. The average molecular weight is 369 g/mol. The number of carbonyl (C=O) groups is 1. The van der Waals surface area contributed by atoms with E-state index in [1.54, 1.807) is 6.08 Å². The second-order valence-electron chi connectivity index (χ2n) is 10.5. The van der Waals surface area contributed by atoms with Crippen molar-refractivity contribution in [2.45, 2.75) is 57.5 Å². The van der Waals surface area contributed by atoms with Gasteiger partial charge in [-0.15, -0.1) is 0 Å². The zero-order valence-corrected chi connectivity index (χ0v) is 16.3. The zero-order valence-electron chi connectivity index (χ0n) is 16.3. The summed E-state index contributed by atoms with van der Waals surface area (Å²) in [5.74, 6) is 5.68. The van der Waals surface area contributed by atoms with Gasteiger partial charge in [0.1, 0.15) is 0 Å². The van der Waals surface area contributed by atoms with Gasteiger partial charge in [0, 0.05) is 11.8 Å². The number of rotatable bonds is 3. The number of aliphatic hydroxyl groups excluding tert-OH is 1. The molecule has 2 N–H and O–H groups in total. The lowest BCUT2D eigenvalue weighted by Crippen LogP contribution is -2.56. The van der Waals surface area contributed by atoms with Crippen molar-refractivity contribution in [2.24, 2.45) is 52.8 Å². The Morgan fingerprint density at radius 1 is 1.19 bits per heavy atom. The van der Waals surface area contributed by atoms with Crippen LogP contribution in [0.2, 0.25) is 0 Å². The molecule has 0 aliphatic heterocycles. The van der Waals surface area contributed by atoms with Crippen LogP contribution in [0.15, 0.2) is 23.8 Å². The van der Waals surface area contributed by atoms with E-state index in [0.29, 0.717) is 35.4 Å². The third-order valence-corrected chi connectivity index (χ3v) is 9.98. The maximum atomic E-state index is 12.0. The molecule has 0 aromatic rings. The summed E-state index contributed by atoms with van der Waals surface area (Å²) < 4.78 is 0. The first-order valence-corrected chi connectivity index (χ1v) is 11.3. The molecule has 0 radical (unpaired) electrons. The molecule has 146 valence electrons. The summed E-state index contributed by atoms with van der Waals surface area (Å²) in [6, 6.07) is 0. The molecular weight excluding hydrogens is 336 g/mol. The molecule has 6 rings (SSSR count). The van der Waals surface area contributed by atoms with Crippen LogP contribution in [0, 0.1) is 52.8 Å². The summed E-state index contributed by atoms with van der Waals surface area (Å²) >= 11 is 0. The number of allylic oxidation sites excluding steroid dienone is 1. The fourth-order valence-corrected chi connectivity index (χ4v) is 9.03. The maximum Gasteiger partial charge on any atom is 0.155 e. The molecule has 0 aromatic carbocycles. The minimum atomic E-state index is -0.714. The summed E-state index contributed by atoms with van der Waals surface area (Å²) in [6.07, 6.45) is 13.5. The lowest BCUT2D eigenvalue weighted by Gasteiger charge is -2.58. The van der Waals surface area contributed by atoms with E-state index in [0.717, 1.165) is 43.4 Å². The van der Waals surface area contributed by atoms with Gasteiger partial charge in [0.15, 0.2) is 5.78 Å². The minimum absolute atomic E-state index is 0.00621. The Hall–Kier alpha value is -0.930. The zero-order chi connectivity index (χ0) is 18.6. The van der Waals surface area contributed by atoms with Crippen LogP contribution in [0.3, 0.4) is 0 Å². The normalized spacial score (nSPS) is 57.3. The molecule has 0 saturated heterocycles. The van der Waals surface area contributed by atoms with Gasteiger partial charge in [-0.25, -0.2) is 0 Å². The standard InChI is InChI=1S/C24H32O3/c1-2-23-8-6-15-14-5-4-13(26)10-16(14)17-11-18(17)21(15)22(23)19-12-20(19)24(23,27)7-3-9-25/h3,7,10,14-15,17-22,25,27H,2,4-6,8-9,11-12H2,1H3/b7-3-/t14-,15?,17?,18?,19-,20+,21?,22?,23+,24+/m1/s1. The van der Waals surface area contributed by atoms with Crippen molar-refractivity contribution in [3.05, 3.63) is 23.8 Å². The van der Waals surface area contributed by atoms with Gasteiger partial charge in [-0.2, -0.15) is 0 Å². The Kier molecular flexibility index (Phi) is 3.37. The summed E-state index contributed by atoms with van der Waals surface area (Å²) in [5, 5.41) is 21.2. The molecule has 0 aromatic heterocycles. The van der Waals surface area contributed by atoms with Crippen molar-refractivity contribution in [3.63, 3.8) is 0 Å². The topological polar surface area (TPSA) is 57.5 Å². The Balaban J connectivity index is 1.41. The van der Waals surface area contributed by atoms with E-state index < -0.39 is 5.60 Å². The highest BCUT2D eigenvalue weighted by Gasteiger charge is 2.78. The number of fused-ring (bicyclic) bond motifs is 10. The largest absolute Gasteiger partial charge is 0.392 e. The summed E-state index contributed by atoms with van der Waals surface area (Å²) in [4.78, 5) is 12.0. The number of hydrogen-bond acceptors (Lipinski definition) is 3. The van der Waals surface area contributed by atoms with Crippen LogP contribution in [0.25, 0.3) is 0 Å². The van der Waals surface area contributed by atoms with Crippen molar-refractivity contribution in [2.75, 3.05) is 6.61 Å². The quantitative estimate of drug-likeness (QED) is 0.750. The molecule has 5 saturated carbocycles. The van der Waals surface area contributed by atoms with Crippen LogP contribution in [0.5, 0.6) is 0 Å². The highest BCUT2D eigenvalue weighted by molar-refractivity contribution is 5.91. The van der Waals surface area contributed by atoms with Crippen LogP contribution in [-0.4, -0.2) is 28.2 Å². The monoisotopic (exact) mass is 368 g/mol. The maximum absolute atomic E-state index is 12.0. The first kappa shape index (κ1) is 17.0. The minimum Gasteiger partial charge on any atom is -0.392 e.